The average Bonchev–Trinajstić information content (AvgIpc) is 2.62. The topological polar surface area (TPSA) is 84.9 Å². The largest absolute Gasteiger partial charge is 0.452 e. The molecule has 0 bridgehead atoms. The van der Waals surface area contributed by atoms with Gasteiger partial charge in [-0.05, 0) is 45.4 Å². The van der Waals surface area contributed by atoms with Gasteiger partial charge in [-0.3, -0.25) is 9.59 Å². The number of ether oxygens (including phenoxy) is 2. The number of carbonyl (C=O) groups excluding carboxylic acids is 3. The summed E-state index contributed by atoms with van der Waals surface area (Å²) in [5.41, 5.74) is 1.31. The summed E-state index contributed by atoms with van der Waals surface area (Å²) >= 11 is 0. The SMILES string of the molecule is CCNC(=O)CN(CC)C(=O)COC(=O)c1ccc(COC(C)C)cc1. The minimum Gasteiger partial charge on any atom is -0.452 e. The lowest BCUT2D eigenvalue weighted by Gasteiger charge is -2.20. The molecule has 0 spiro atoms. The third-order valence-electron chi connectivity index (χ3n) is 3.54. The number of likely N-dealkylation sites (N-methyl/N-ethyl adjacent to an activating group) is 2. The minimum atomic E-state index is -0.580. The Morgan fingerprint density at radius 3 is 2.31 bits per heavy atom. The van der Waals surface area contributed by atoms with Gasteiger partial charge in [-0.15, -0.1) is 0 Å². The second-order valence-corrected chi connectivity index (χ2v) is 5.99. The van der Waals surface area contributed by atoms with E-state index in [1.807, 2.05) is 13.8 Å². The Balaban J connectivity index is 2.51. The summed E-state index contributed by atoms with van der Waals surface area (Å²) in [6.45, 7) is 8.35. The first-order chi connectivity index (χ1) is 12.4. The Morgan fingerprint density at radius 1 is 1.12 bits per heavy atom. The first-order valence-corrected chi connectivity index (χ1v) is 8.79. The van der Waals surface area contributed by atoms with Crippen LogP contribution >= 0.6 is 0 Å². The fraction of sp³-hybridized carbons (Fsp3) is 0.526. The molecule has 0 heterocycles. The number of esters is 1. The van der Waals surface area contributed by atoms with E-state index in [-0.39, 0.29) is 18.6 Å². The number of carbonyl (C=O) groups is 3. The van der Waals surface area contributed by atoms with Gasteiger partial charge >= 0.3 is 5.97 Å². The van der Waals surface area contributed by atoms with E-state index in [0.29, 0.717) is 25.3 Å². The second kappa shape index (κ2) is 11.3. The van der Waals surface area contributed by atoms with Gasteiger partial charge in [-0.1, -0.05) is 12.1 Å². The third kappa shape index (κ3) is 7.65. The van der Waals surface area contributed by atoms with Crippen molar-refractivity contribution in [3.8, 4) is 0 Å². The summed E-state index contributed by atoms with van der Waals surface area (Å²) in [6, 6.07) is 6.85. The Hall–Kier alpha value is -2.41. The third-order valence-corrected chi connectivity index (χ3v) is 3.54. The van der Waals surface area contributed by atoms with Crippen LogP contribution in [0.2, 0.25) is 0 Å². The van der Waals surface area contributed by atoms with Gasteiger partial charge in [0.15, 0.2) is 6.61 Å². The molecular formula is C19H28N2O5. The number of benzene rings is 1. The lowest BCUT2D eigenvalue weighted by Crippen LogP contribution is -2.42. The van der Waals surface area contributed by atoms with Crippen LogP contribution in [0, 0.1) is 0 Å². The molecule has 1 aromatic rings. The minimum absolute atomic E-state index is 0.0503. The molecule has 144 valence electrons. The molecule has 7 heteroatoms. The Morgan fingerprint density at radius 2 is 1.77 bits per heavy atom. The zero-order valence-electron chi connectivity index (χ0n) is 15.9. The number of nitrogens with zero attached hydrogens (tertiary/aromatic N) is 1. The Bertz CT molecular complexity index is 598. The Kier molecular flexibility index (Phi) is 9.36. The van der Waals surface area contributed by atoms with E-state index in [9.17, 15) is 14.4 Å². The van der Waals surface area contributed by atoms with Crippen LogP contribution in [0.4, 0.5) is 0 Å². The van der Waals surface area contributed by atoms with Crippen LogP contribution in [0.25, 0.3) is 0 Å². The normalized spacial score (nSPS) is 10.5. The molecule has 1 N–H and O–H groups in total. The molecule has 0 unspecified atom stereocenters. The lowest BCUT2D eigenvalue weighted by molar-refractivity contribution is -0.138. The fourth-order valence-corrected chi connectivity index (χ4v) is 2.10. The van der Waals surface area contributed by atoms with Crippen LogP contribution in [0.1, 0.15) is 43.6 Å². The van der Waals surface area contributed by atoms with Gasteiger partial charge < -0.3 is 19.7 Å². The monoisotopic (exact) mass is 364 g/mol. The van der Waals surface area contributed by atoms with Crippen molar-refractivity contribution >= 4 is 17.8 Å². The van der Waals surface area contributed by atoms with Crippen LogP contribution in [-0.2, 0) is 25.7 Å². The lowest BCUT2D eigenvalue weighted by atomic mass is 10.1. The van der Waals surface area contributed by atoms with Crippen molar-refractivity contribution in [2.45, 2.75) is 40.4 Å². The number of nitrogens with one attached hydrogen (secondary N) is 1. The zero-order valence-corrected chi connectivity index (χ0v) is 15.9. The van der Waals surface area contributed by atoms with Crippen molar-refractivity contribution in [1.29, 1.82) is 0 Å². The number of hydrogen-bond donors (Lipinski definition) is 1. The van der Waals surface area contributed by atoms with Crippen molar-refractivity contribution < 1.29 is 23.9 Å². The van der Waals surface area contributed by atoms with Gasteiger partial charge in [0.2, 0.25) is 5.91 Å². The molecule has 1 aromatic carbocycles. The molecule has 7 nitrogen and oxygen atoms in total. The smallest absolute Gasteiger partial charge is 0.338 e. The van der Waals surface area contributed by atoms with E-state index >= 15 is 0 Å². The molecule has 0 aliphatic rings. The quantitative estimate of drug-likeness (QED) is 0.640. The summed E-state index contributed by atoms with van der Waals surface area (Å²) in [7, 11) is 0. The highest BCUT2D eigenvalue weighted by atomic mass is 16.5. The van der Waals surface area contributed by atoms with E-state index in [1.54, 1.807) is 38.1 Å². The van der Waals surface area contributed by atoms with Gasteiger partial charge in [-0.2, -0.15) is 0 Å². The number of amides is 2. The van der Waals surface area contributed by atoms with Crippen LogP contribution in [0.15, 0.2) is 24.3 Å². The summed E-state index contributed by atoms with van der Waals surface area (Å²) in [6.07, 6.45) is 0.131. The fourth-order valence-electron chi connectivity index (χ4n) is 2.10. The highest BCUT2D eigenvalue weighted by molar-refractivity contribution is 5.92. The molecule has 0 aliphatic heterocycles. The van der Waals surface area contributed by atoms with E-state index in [4.69, 9.17) is 9.47 Å². The molecular weight excluding hydrogens is 336 g/mol. The van der Waals surface area contributed by atoms with E-state index in [2.05, 4.69) is 5.32 Å². The molecule has 0 saturated heterocycles. The molecule has 0 radical (unpaired) electrons. The number of rotatable bonds is 10. The van der Waals surface area contributed by atoms with Crippen molar-refractivity contribution in [2.24, 2.45) is 0 Å². The molecule has 26 heavy (non-hydrogen) atoms. The summed E-state index contributed by atoms with van der Waals surface area (Å²) in [5.74, 6) is -1.23. The van der Waals surface area contributed by atoms with E-state index < -0.39 is 18.5 Å². The summed E-state index contributed by atoms with van der Waals surface area (Å²) < 4.78 is 10.6. The molecule has 0 aliphatic carbocycles. The van der Waals surface area contributed by atoms with Gasteiger partial charge in [0.1, 0.15) is 0 Å². The molecule has 0 atom stereocenters. The molecule has 2 amide bonds. The van der Waals surface area contributed by atoms with Gasteiger partial charge in [0.25, 0.3) is 5.91 Å². The maximum Gasteiger partial charge on any atom is 0.338 e. The standard InChI is InChI=1S/C19H28N2O5/c1-5-20-17(22)11-21(6-2)18(23)13-26-19(24)16-9-7-15(8-10-16)12-25-14(3)4/h7-10,14H,5-6,11-13H2,1-4H3,(H,20,22). The first-order valence-electron chi connectivity index (χ1n) is 8.79. The van der Waals surface area contributed by atoms with E-state index in [0.717, 1.165) is 5.56 Å². The molecule has 0 fully saturated rings. The van der Waals surface area contributed by atoms with Gasteiger partial charge in [0, 0.05) is 13.1 Å². The Labute approximate surface area is 154 Å². The summed E-state index contributed by atoms with van der Waals surface area (Å²) in [4.78, 5) is 37.1. The molecule has 1 rings (SSSR count). The molecule has 0 aromatic heterocycles. The van der Waals surface area contributed by atoms with Crippen molar-refractivity contribution in [1.82, 2.24) is 10.2 Å². The zero-order chi connectivity index (χ0) is 19.5. The first kappa shape index (κ1) is 21.6. The molecule has 0 saturated carbocycles. The second-order valence-electron chi connectivity index (χ2n) is 5.99. The highest BCUT2D eigenvalue weighted by Crippen LogP contribution is 2.08. The van der Waals surface area contributed by atoms with Crippen LogP contribution in [0.3, 0.4) is 0 Å². The summed E-state index contributed by atoms with van der Waals surface area (Å²) in [5, 5.41) is 2.63. The predicted octanol–water partition coefficient (Wildman–Crippen LogP) is 1.75. The van der Waals surface area contributed by atoms with Crippen LogP contribution in [0.5, 0.6) is 0 Å². The maximum atomic E-state index is 12.1. The van der Waals surface area contributed by atoms with Crippen molar-refractivity contribution in [3.05, 3.63) is 35.4 Å². The van der Waals surface area contributed by atoms with Crippen molar-refractivity contribution in [2.75, 3.05) is 26.2 Å². The van der Waals surface area contributed by atoms with Crippen LogP contribution < -0.4 is 5.32 Å². The van der Waals surface area contributed by atoms with Crippen LogP contribution in [-0.4, -0.2) is 55.0 Å². The van der Waals surface area contributed by atoms with Crippen molar-refractivity contribution in [3.63, 3.8) is 0 Å². The maximum absolute atomic E-state index is 12.1. The average molecular weight is 364 g/mol. The van der Waals surface area contributed by atoms with E-state index in [1.165, 1.54) is 4.90 Å². The number of hydrogen-bond acceptors (Lipinski definition) is 5. The van der Waals surface area contributed by atoms with Gasteiger partial charge in [0.05, 0.1) is 24.8 Å². The predicted molar refractivity (Wildman–Crippen MR) is 97.6 cm³/mol. The van der Waals surface area contributed by atoms with Gasteiger partial charge in [-0.25, -0.2) is 4.79 Å². The highest BCUT2D eigenvalue weighted by Gasteiger charge is 2.17.